The van der Waals surface area contributed by atoms with E-state index in [2.05, 4.69) is 5.23 Å². The number of carboxylic acids is 1. The molecule has 4 nitrogen and oxygen atoms in total. The van der Waals surface area contributed by atoms with Crippen LogP contribution in [-0.2, 0) is 9.59 Å². The molecule has 0 atom stereocenters. The van der Waals surface area contributed by atoms with E-state index in [-0.39, 0.29) is 14.0 Å². The molecule has 0 aromatic rings. The molecule has 0 unspecified atom stereocenters. The van der Waals surface area contributed by atoms with Gasteiger partial charge in [-0.05, 0) is 0 Å². The summed E-state index contributed by atoms with van der Waals surface area (Å²) in [5, 5.41) is 10.3. The highest BCUT2D eigenvalue weighted by Gasteiger charge is 1.92. The maximum atomic E-state index is 9.70. The van der Waals surface area contributed by atoms with Crippen molar-refractivity contribution in [1.29, 1.82) is 0 Å². The largest absolute Gasteiger partial charge is 0.480 e. The third kappa shape index (κ3) is 5.16. The third-order valence-electron chi connectivity index (χ3n) is 0.504. The summed E-state index contributed by atoms with van der Waals surface area (Å²) in [4.78, 5) is 19.2. The first-order valence-corrected chi connectivity index (χ1v) is 2.13. The number of carbonyl (C=O) groups excluding carboxylic acids is 1. The van der Waals surface area contributed by atoms with E-state index in [1.807, 2.05) is 0 Å². The minimum atomic E-state index is -0.952. The minimum Gasteiger partial charge on any atom is -0.480 e. The van der Waals surface area contributed by atoms with Crippen LogP contribution < -0.4 is 5.23 Å². The van der Waals surface area contributed by atoms with E-state index in [1.54, 1.807) is 0 Å². The molecule has 0 amide bonds. The van der Waals surface area contributed by atoms with Crippen LogP contribution in [-0.4, -0.2) is 31.2 Å². The molecule has 0 aromatic heterocycles. The fourth-order valence-corrected chi connectivity index (χ4v) is 0.238. The number of hydrogen-bond acceptors (Lipinski definition) is 3. The number of hydrogen-bond donors (Lipinski definition) is 2. The summed E-state index contributed by atoms with van der Waals surface area (Å²) in [6.45, 7) is -0.154. The van der Waals surface area contributed by atoms with Crippen molar-refractivity contribution in [2.24, 2.45) is 0 Å². The smallest absolute Gasteiger partial charge is 0.316 e. The van der Waals surface area contributed by atoms with Gasteiger partial charge in [0.15, 0.2) is 0 Å². The van der Waals surface area contributed by atoms with Crippen molar-refractivity contribution in [3.05, 3.63) is 0 Å². The topological polar surface area (TPSA) is 66.4 Å². The van der Waals surface area contributed by atoms with Crippen LogP contribution >= 0.6 is 0 Å². The molecule has 5 heteroatoms. The summed E-state index contributed by atoms with van der Waals surface area (Å²) >= 11 is 0. The zero-order valence-electron chi connectivity index (χ0n) is 4.26. The van der Waals surface area contributed by atoms with E-state index in [0.717, 1.165) is 0 Å². The fraction of sp³-hybridized carbons (Fsp3) is 0.333. The lowest BCUT2D eigenvalue weighted by atomic mass is 9.99. The van der Waals surface area contributed by atoms with Gasteiger partial charge in [-0.3, -0.25) is 4.79 Å². The summed E-state index contributed by atoms with van der Waals surface area (Å²) in [5.74, 6) is -0.952. The Morgan fingerprint density at radius 1 is 1.88 bits per heavy atom. The van der Waals surface area contributed by atoms with Gasteiger partial charge in [0.25, 0.3) is 7.41 Å². The van der Waals surface area contributed by atoms with Crippen LogP contribution in [0.5, 0.6) is 0 Å². The molecule has 0 heterocycles. The molecule has 0 aliphatic rings. The van der Waals surface area contributed by atoms with Gasteiger partial charge in [0.05, 0.1) is 12.7 Å². The SMILES string of the molecule is O=CBNCC(=O)O. The number of carboxylic acid groups (broad SMARTS) is 1. The maximum absolute atomic E-state index is 9.70. The van der Waals surface area contributed by atoms with Gasteiger partial charge in [-0.25, -0.2) is 0 Å². The van der Waals surface area contributed by atoms with Gasteiger partial charge in [-0.15, -0.1) is 0 Å². The predicted octanol–water partition coefficient (Wildman–Crippen LogP) is -1.80. The first-order chi connectivity index (χ1) is 3.77. The number of nitrogens with one attached hydrogen (secondary N) is 1. The Hall–Kier alpha value is -0.835. The Morgan fingerprint density at radius 2 is 2.50 bits per heavy atom. The van der Waals surface area contributed by atoms with Gasteiger partial charge >= 0.3 is 5.97 Å². The van der Waals surface area contributed by atoms with Gasteiger partial charge in [0.1, 0.15) is 0 Å². The summed E-state index contributed by atoms with van der Waals surface area (Å²) < 4.78 is 0. The molecule has 0 saturated carbocycles. The van der Waals surface area contributed by atoms with Crippen molar-refractivity contribution in [1.82, 2.24) is 5.23 Å². The van der Waals surface area contributed by atoms with Gasteiger partial charge in [-0.2, -0.15) is 0 Å². The average Bonchev–Trinajstić information content (AvgIpc) is 1.66. The molecule has 0 fully saturated rings. The minimum absolute atomic E-state index is 0.103. The van der Waals surface area contributed by atoms with E-state index < -0.39 is 5.97 Å². The van der Waals surface area contributed by atoms with Crippen molar-refractivity contribution in [3.8, 4) is 0 Å². The molecule has 0 saturated heterocycles. The van der Waals surface area contributed by atoms with Crippen molar-refractivity contribution >= 4 is 19.6 Å². The van der Waals surface area contributed by atoms with E-state index in [1.165, 1.54) is 0 Å². The number of rotatable bonds is 4. The van der Waals surface area contributed by atoms with Crippen molar-refractivity contribution < 1.29 is 14.7 Å². The van der Waals surface area contributed by atoms with Gasteiger partial charge < -0.3 is 15.1 Å². The van der Waals surface area contributed by atoms with Crippen LogP contribution in [0, 0.1) is 0 Å². The molecule has 0 aliphatic carbocycles. The average molecular weight is 115 g/mol. The van der Waals surface area contributed by atoms with Crippen LogP contribution in [0.15, 0.2) is 0 Å². The Kier molecular flexibility index (Phi) is 3.88. The van der Waals surface area contributed by atoms with Crippen LogP contribution in [0.2, 0.25) is 0 Å². The summed E-state index contributed by atoms with van der Waals surface area (Å²) in [6, 6.07) is 0. The predicted molar refractivity (Wildman–Crippen MR) is 29.5 cm³/mol. The lowest BCUT2D eigenvalue weighted by Crippen LogP contribution is -2.26. The fourth-order valence-electron chi connectivity index (χ4n) is 0.238. The lowest BCUT2D eigenvalue weighted by molar-refractivity contribution is -0.135. The second-order valence-electron chi connectivity index (χ2n) is 1.19. The highest BCUT2D eigenvalue weighted by Crippen LogP contribution is 1.53. The molecule has 0 bridgehead atoms. The number of aliphatic carboxylic acids is 1. The Labute approximate surface area is 47.1 Å². The molecule has 0 spiro atoms. The van der Waals surface area contributed by atoms with Gasteiger partial charge in [0.2, 0.25) is 0 Å². The second-order valence-corrected chi connectivity index (χ2v) is 1.19. The van der Waals surface area contributed by atoms with Crippen molar-refractivity contribution in [2.75, 3.05) is 6.54 Å². The highest BCUT2D eigenvalue weighted by atomic mass is 16.4. The first kappa shape index (κ1) is 7.16. The Morgan fingerprint density at radius 3 is 2.88 bits per heavy atom. The van der Waals surface area contributed by atoms with E-state index in [0.29, 0.717) is 6.19 Å². The van der Waals surface area contributed by atoms with Gasteiger partial charge in [-0.1, -0.05) is 0 Å². The molecule has 0 rings (SSSR count). The molecule has 0 radical (unpaired) electrons. The zero-order valence-corrected chi connectivity index (χ0v) is 4.26. The normalized spacial score (nSPS) is 8.00. The molecular formula is C3H6BNO3. The Bertz CT molecular complexity index is 94.5. The Balaban J connectivity index is 2.93. The standard InChI is InChI=1S/C3H6BNO3/c6-2-4-5-1-3(7)8/h2,4-5H,1H2,(H,7,8). The van der Waals surface area contributed by atoms with E-state index in [4.69, 9.17) is 5.11 Å². The van der Waals surface area contributed by atoms with Crippen LogP contribution in [0.1, 0.15) is 0 Å². The van der Waals surface area contributed by atoms with E-state index >= 15 is 0 Å². The molecule has 0 aliphatic heterocycles. The molecular weight excluding hydrogens is 109 g/mol. The highest BCUT2D eigenvalue weighted by molar-refractivity contribution is 6.64. The lowest BCUT2D eigenvalue weighted by Gasteiger charge is -1.88. The summed E-state index contributed by atoms with van der Waals surface area (Å²) in [5.41, 5.74) is 0. The summed E-state index contributed by atoms with van der Waals surface area (Å²) in [7, 11) is 0.103. The van der Waals surface area contributed by atoms with Gasteiger partial charge in [0, 0.05) is 0 Å². The van der Waals surface area contributed by atoms with Crippen molar-refractivity contribution in [2.45, 2.75) is 0 Å². The second kappa shape index (κ2) is 4.33. The monoisotopic (exact) mass is 115 g/mol. The quantitative estimate of drug-likeness (QED) is 0.257. The third-order valence-corrected chi connectivity index (χ3v) is 0.504. The van der Waals surface area contributed by atoms with Crippen molar-refractivity contribution in [3.63, 3.8) is 0 Å². The van der Waals surface area contributed by atoms with Crippen LogP contribution in [0.4, 0.5) is 0 Å². The zero-order chi connectivity index (χ0) is 6.41. The molecule has 44 valence electrons. The molecule has 0 aromatic carbocycles. The maximum Gasteiger partial charge on any atom is 0.316 e. The molecule has 2 N–H and O–H groups in total. The van der Waals surface area contributed by atoms with E-state index in [9.17, 15) is 9.59 Å². The van der Waals surface area contributed by atoms with Crippen LogP contribution in [0.25, 0.3) is 0 Å². The van der Waals surface area contributed by atoms with Crippen LogP contribution in [0.3, 0.4) is 0 Å². The first-order valence-electron chi connectivity index (χ1n) is 2.13. The molecule has 8 heavy (non-hydrogen) atoms. The summed E-state index contributed by atoms with van der Waals surface area (Å²) in [6.07, 6.45) is 0.614. The number of carbonyl (C=O) groups is 2.